The van der Waals surface area contributed by atoms with Crippen molar-refractivity contribution in [3.63, 3.8) is 0 Å². The zero-order chi connectivity index (χ0) is 22.5. The van der Waals surface area contributed by atoms with Crippen molar-refractivity contribution < 1.29 is 13.9 Å². The molecule has 0 unspecified atom stereocenters. The fourth-order valence-electron chi connectivity index (χ4n) is 3.04. The van der Waals surface area contributed by atoms with Gasteiger partial charge in [0.25, 0.3) is 0 Å². The van der Waals surface area contributed by atoms with Gasteiger partial charge < -0.3 is 9.15 Å². The highest BCUT2D eigenvalue weighted by molar-refractivity contribution is 14.1. The van der Waals surface area contributed by atoms with Gasteiger partial charge >= 0.3 is 5.91 Å². The van der Waals surface area contributed by atoms with Crippen LogP contribution in [0.25, 0.3) is 11.0 Å². The standard InChI is InChI=1S/C24H15I2N3O3/c25-19-9-18(13-28-29-24(30)22-10-15-5-3-4-8-21(15)32-22)23(20(26)11-19)31-14-17-7-2-1-6-16(17)12-27/h1-11,13H,14H2,(H,29,30)/b28-13+. The van der Waals surface area contributed by atoms with E-state index >= 15 is 0 Å². The quantitative estimate of drug-likeness (QED) is 0.162. The average Bonchev–Trinajstić information content (AvgIpc) is 3.23. The molecule has 158 valence electrons. The highest BCUT2D eigenvalue weighted by Gasteiger charge is 2.13. The number of halogens is 2. The van der Waals surface area contributed by atoms with Gasteiger partial charge in [0.05, 0.1) is 21.4 Å². The Balaban J connectivity index is 1.52. The molecule has 1 N–H and O–H groups in total. The van der Waals surface area contributed by atoms with Crippen molar-refractivity contribution >= 4 is 68.3 Å². The molecule has 0 aliphatic carbocycles. The Kier molecular flexibility index (Phi) is 7.06. The predicted octanol–water partition coefficient (Wildman–Crippen LogP) is 5.86. The number of fused-ring (bicyclic) bond motifs is 1. The summed E-state index contributed by atoms with van der Waals surface area (Å²) in [6.45, 7) is 0.243. The van der Waals surface area contributed by atoms with E-state index in [0.717, 1.165) is 18.1 Å². The number of rotatable bonds is 6. The molecular formula is C24H15I2N3O3. The van der Waals surface area contributed by atoms with Crippen LogP contribution in [-0.2, 0) is 6.61 Å². The minimum atomic E-state index is -0.441. The van der Waals surface area contributed by atoms with Crippen molar-refractivity contribution in [1.29, 1.82) is 5.26 Å². The first-order valence-electron chi connectivity index (χ1n) is 9.47. The van der Waals surface area contributed by atoms with Crippen LogP contribution in [0, 0.1) is 18.5 Å². The maximum Gasteiger partial charge on any atom is 0.307 e. The van der Waals surface area contributed by atoms with Gasteiger partial charge in [-0.05, 0) is 75.5 Å². The van der Waals surface area contributed by atoms with Crippen molar-refractivity contribution in [3.05, 3.63) is 96.3 Å². The predicted molar refractivity (Wildman–Crippen MR) is 139 cm³/mol. The van der Waals surface area contributed by atoms with E-state index < -0.39 is 5.91 Å². The number of benzene rings is 3. The Bertz CT molecular complexity index is 1340. The number of hydrazone groups is 1. The molecule has 6 nitrogen and oxygen atoms in total. The van der Waals surface area contributed by atoms with Gasteiger partial charge in [0.2, 0.25) is 0 Å². The molecular weight excluding hydrogens is 632 g/mol. The highest BCUT2D eigenvalue weighted by Crippen LogP contribution is 2.28. The SMILES string of the molecule is N#Cc1ccccc1COc1c(I)cc(I)cc1/C=N/NC(=O)c1cc2ccccc2o1. The molecule has 1 aromatic heterocycles. The second-order valence-corrected chi connectivity index (χ2v) is 9.12. The first-order valence-corrected chi connectivity index (χ1v) is 11.6. The van der Waals surface area contributed by atoms with Crippen molar-refractivity contribution in [2.45, 2.75) is 6.61 Å². The zero-order valence-corrected chi connectivity index (χ0v) is 20.8. The number of furan rings is 1. The van der Waals surface area contributed by atoms with E-state index in [1.165, 1.54) is 6.21 Å². The number of nitrogens with zero attached hydrogens (tertiary/aromatic N) is 2. The summed E-state index contributed by atoms with van der Waals surface area (Å²) >= 11 is 4.41. The summed E-state index contributed by atoms with van der Waals surface area (Å²) < 4.78 is 13.5. The minimum Gasteiger partial charge on any atom is -0.487 e. The number of hydrogen-bond acceptors (Lipinski definition) is 5. The molecule has 0 aliphatic heterocycles. The Morgan fingerprint density at radius 3 is 2.72 bits per heavy atom. The van der Waals surface area contributed by atoms with Crippen LogP contribution < -0.4 is 10.2 Å². The smallest absolute Gasteiger partial charge is 0.307 e. The first kappa shape index (κ1) is 22.3. The van der Waals surface area contributed by atoms with E-state index in [0.29, 0.717) is 22.5 Å². The number of carbonyl (C=O) groups excluding carboxylic acids is 1. The molecule has 0 radical (unpaired) electrons. The fraction of sp³-hybridized carbons (Fsp3) is 0.0417. The number of ether oxygens (including phenoxy) is 1. The lowest BCUT2D eigenvalue weighted by Gasteiger charge is -2.13. The van der Waals surface area contributed by atoms with E-state index in [4.69, 9.17) is 9.15 Å². The highest BCUT2D eigenvalue weighted by atomic mass is 127. The number of hydrogen-bond donors (Lipinski definition) is 1. The molecule has 8 heteroatoms. The van der Waals surface area contributed by atoms with Crippen molar-refractivity contribution in [1.82, 2.24) is 5.43 Å². The molecule has 1 heterocycles. The van der Waals surface area contributed by atoms with Crippen LogP contribution in [0.2, 0.25) is 0 Å². The number of amides is 1. The third-order valence-corrected chi connectivity index (χ3v) is 5.99. The molecule has 0 bridgehead atoms. The van der Waals surface area contributed by atoms with Gasteiger partial charge in [0, 0.05) is 20.1 Å². The Morgan fingerprint density at radius 2 is 1.91 bits per heavy atom. The second kappa shape index (κ2) is 10.1. The Morgan fingerprint density at radius 1 is 1.12 bits per heavy atom. The van der Waals surface area contributed by atoms with Crippen LogP contribution in [0.1, 0.15) is 27.2 Å². The topological polar surface area (TPSA) is 87.6 Å². The third-order valence-electron chi connectivity index (χ3n) is 4.57. The Labute approximate surface area is 211 Å². The molecule has 4 rings (SSSR count). The lowest BCUT2D eigenvalue weighted by molar-refractivity contribution is 0.0929. The second-order valence-electron chi connectivity index (χ2n) is 6.71. The van der Waals surface area contributed by atoms with Gasteiger partial charge in [-0.3, -0.25) is 4.79 Å². The molecule has 0 fully saturated rings. The van der Waals surface area contributed by atoms with Crippen LogP contribution in [0.3, 0.4) is 0 Å². The largest absolute Gasteiger partial charge is 0.487 e. The van der Waals surface area contributed by atoms with Gasteiger partial charge in [0.1, 0.15) is 17.9 Å². The first-order chi connectivity index (χ1) is 15.5. The third kappa shape index (κ3) is 5.11. The van der Waals surface area contributed by atoms with Crippen LogP contribution in [0.5, 0.6) is 5.75 Å². The van der Waals surface area contributed by atoms with Crippen molar-refractivity contribution in [3.8, 4) is 11.8 Å². The minimum absolute atomic E-state index is 0.185. The van der Waals surface area contributed by atoms with Crippen LogP contribution in [-0.4, -0.2) is 12.1 Å². The maximum atomic E-state index is 12.4. The molecule has 0 saturated carbocycles. The van der Waals surface area contributed by atoms with E-state index in [2.05, 4.69) is 61.8 Å². The van der Waals surface area contributed by atoms with E-state index in [-0.39, 0.29) is 12.4 Å². The zero-order valence-electron chi connectivity index (χ0n) is 16.5. The molecule has 3 aromatic carbocycles. The van der Waals surface area contributed by atoms with Gasteiger partial charge in [-0.25, -0.2) is 5.43 Å². The molecule has 1 amide bonds. The number of nitrogens with one attached hydrogen (secondary N) is 1. The van der Waals surface area contributed by atoms with Gasteiger partial charge in [-0.1, -0.05) is 36.4 Å². The van der Waals surface area contributed by atoms with Gasteiger partial charge in [-0.15, -0.1) is 0 Å². The van der Waals surface area contributed by atoms with Crippen molar-refractivity contribution in [2.24, 2.45) is 5.10 Å². The molecule has 32 heavy (non-hydrogen) atoms. The lowest BCUT2D eigenvalue weighted by atomic mass is 10.1. The summed E-state index contributed by atoms with van der Waals surface area (Å²) in [6, 6.07) is 22.5. The monoisotopic (exact) mass is 647 g/mol. The van der Waals surface area contributed by atoms with Crippen molar-refractivity contribution in [2.75, 3.05) is 0 Å². The van der Waals surface area contributed by atoms with Gasteiger partial charge in [0.15, 0.2) is 5.76 Å². The number of carbonyl (C=O) groups is 1. The van der Waals surface area contributed by atoms with Crippen LogP contribution in [0.15, 0.2) is 76.2 Å². The summed E-state index contributed by atoms with van der Waals surface area (Å²) in [5.41, 5.74) is 5.22. The van der Waals surface area contributed by atoms with Crippen LogP contribution in [0.4, 0.5) is 0 Å². The summed E-state index contributed by atoms with van der Waals surface area (Å²) in [6.07, 6.45) is 1.54. The summed E-state index contributed by atoms with van der Waals surface area (Å²) in [5, 5.41) is 14.2. The molecule has 0 saturated heterocycles. The maximum absolute atomic E-state index is 12.4. The summed E-state index contributed by atoms with van der Waals surface area (Å²) in [4.78, 5) is 12.4. The van der Waals surface area contributed by atoms with E-state index in [9.17, 15) is 10.1 Å². The number of nitriles is 1. The summed E-state index contributed by atoms with van der Waals surface area (Å²) in [7, 11) is 0. The lowest BCUT2D eigenvalue weighted by Crippen LogP contribution is -2.16. The Hall–Kier alpha value is -2.91. The average molecular weight is 647 g/mol. The normalized spacial score (nSPS) is 10.9. The molecule has 0 atom stereocenters. The fourth-order valence-corrected chi connectivity index (χ4v) is 5.09. The summed E-state index contributed by atoms with van der Waals surface area (Å²) in [5.74, 6) is 0.369. The molecule has 4 aromatic rings. The molecule has 0 spiro atoms. The number of para-hydroxylation sites is 1. The van der Waals surface area contributed by atoms with Gasteiger partial charge in [-0.2, -0.15) is 10.4 Å². The molecule has 0 aliphatic rings. The van der Waals surface area contributed by atoms with E-state index in [1.807, 2.05) is 48.5 Å². The van der Waals surface area contributed by atoms with E-state index in [1.54, 1.807) is 18.2 Å². The van der Waals surface area contributed by atoms with Crippen LogP contribution >= 0.6 is 45.2 Å².